The monoisotopic (exact) mass is 1010 g/mol. The van der Waals surface area contributed by atoms with Crippen molar-refractivity contribution in [3.8, 4) is 50.8 Å². The number of hydrogen-bond donors (Lipinski definition) is 0. The molecule has 62 heavy (non-hydrogen) atoms. The van der Waals surface area contributed by atoms with Crippen LogP contribution in [0.3, 0.4) is 0 Å². The summed E-state index contributed by atoms with van der Waals surface area (Å²) in [6.45, 7) is 20.8. The second-order valence-corrected chi connectivity index (χ2v) is 23.1. The van der Waals surface area contributed by atoms with Gasteiger partial charge in [0.1, 0.15) is 5.76 Å². The Hall–Kier alpha value is -5.59. The quantitative estimate of drug-likeness (QED) is 0.101. The second kappa shape index (κ2) is 18.8. The molecule has 0 aliphatic rings. The van der Waals surface area contributed by atoms with Gasteiger partial charge in [0.05, 0.1) is 31.2 Å². The van der Waals surface area contributed by atoms with E-state index in [9.17, 15) is 0 Å². The number of para-hydroxylation sites is 2. The first-order valence-electron chi connectivity index (χ1n) is 21.5. The maximum absolute atomic E-state index is 5.99. The summed E-state index contributed by atoms with van der Waals surface area (Å²) in [4.78, 5) is 9.89. The van der Waals surface area contributed by atoms with E-state index in [1.165, 1.54) is 38.7 Å². The average molecular weight is 1010 g/mol. The molecule has 0 atom stereocenters. The summed E-state index contributed by atoms with van der Waals surface area (Å²) in [5.74, 6) is 2.87. The smallest absolute Gasteiger partial charge is 0.133 e. The predicted octanol–water partition coefficient (Wildman–Crippen LogP) is 14.7. The van der Waals surface area contributed by atoms with Crippen LogP contribution in [0.15, 0.2) is 149 Å². The summed E-state index contributed by atoms with van der Waals surface area (Å²) >= 11 is 0. The first kappa shape index (κ1) is 44.5. The van der Waals surface area contributed by atoms with Gasteiger partial charge in [-0.2, -0.15) is 0 Å². The van der Waals surface area contributed by atoms with Crippen molar-refractivity contribution in [2.75, 3.05) is 0 Å². The third-order valence-corrected chi connectivity index (χ3v) is 13.3. The number of aromatic nitrogens is 3. The second-order valence-electron chi connectivity index (χ2n) is 18.1. The molecular weight excluding hydrogens is 955 g/mol. The molecule has 7 heteroatoms. The summed E-state index contributed by atoms with van der Waals surface area (Å²) < 4.78 is 14.0. The molecule has 0 aliphatic carbocycles. The van der Waals surface area contributed by atoms with E-state index in [1.54, 1.807) is 6.26 Å². The summed E-state index contributed by atoms with van der Waals surface area (Å²) in [6.07, 6.45) is 8.15. The summed E-state index contributed by atoms with van der Waals surface area (Å²) in [5, 5.41) is 2.44. The van der Waals surface area contributed by atoms with Crippen molar-refractivity contribution < 1.29 is 28.9 Å². The molecule has 4 heterocycles. The molecule has 0 aliphatic heterocycles. The fourth-order valence-corrected chi connectivity index (χ4v) is 9.84. The van der Waals surface area contributed by atoms with Crippen LogP contribution in [0.4, 0.5) is 0 Å². The van der Waals surface area contributed by atoms with Gasteiger partial charge in [0.25, 0.3) is 0 Å². The van der Waals surface area contributed by atoms with E-state index in [4.69, 9.17) is 13.8 Å². The molecular formula is C55H55IrN3O2Si-2. The number of benzene rings is 5. The van der Waals surface area contributed by atoms with Crippen molar-refractivity contribution in [2.24, 2.45) is 5.92 Å². The molecule has 5 aromatic carbocycles. The number of pyridine rings is 1. The topological polar surface area (TPSA) is 57.0 Å². The molecule has 4 aromatic heterocycles. The van der Waals surface area contributed by atoms with Gasteiger partial charge >= 0.3 is 0 Å². The van der Waals surface area contributed by atoms with E-state index in [2.05, 4.69) is 168 Å². The van der Waals surface area contributed by atoms with Gasteiger partial charge < -0.3 is 18.4 Å². The van der Waals surface area contributed by atoms with Crippen molar-refractivity contribution in [1.29, 1.82) is 0 Å². The van der Waals surface area contributed by atoms with Gasteiger partial charge in [0.15, 0.2) is 0 Å². The summed E-state index contributed by atoms with van der Waals surface area (Å²) in [7, 11) is -1.34. The fourth-order valence-electron chi connectivity index (χ4n) is 8.25. The third-order valence-electron chi connectivity index (χ3n) is 11.3. The molecule has 0 unspecified atom stereocenters. The molecule has 0 saturated carbocycles. The Labute approximate surface area is 381 Å². The van der Waals surface area contributed by atoms with Crippen LogP contribution in [0, 0.1) is 18.2 Å². The van der Waals surface area contributed by atoms with Crippen molar-refractivity contribution in [3.05, 3.63) is 169 Å². The fraction of sp³-hybridized carbons (Fsp3) is 0.236. The zero-order valence-corrected chi connectivity index (χ0v) is 40.6. The largest absolute Gasteiger partial charge is 0.557 e. The molecule has 5 nitrogen and oxygen atoms in total. The van der Waals surface area contributed by atoms with Crippen LogP contribution in [-0.2, 0) is 26.5 Å². The first-order valence-corrected chi connectivity index (χ1v) is 25.0. The number of hydrogen-bond acceptors (Lipinski definition) is 4. The molecule has 0 spiro atoms. The molecule has 0 amide bonds. The van der Waals surface area contributed by atoms with Crippen molar-refractivity contribution in [1.82, 2.24) is 14.5 Å². The SMILES string of the molecule is CC(C)Cc1cc(-c2[c-]cccc2)ncc1[Si](C)(C)C.CC(C)c1cc(-c2ccccc2)cc(C(C)C)c1-n1c(-c2[c-]oc3ccc(-c4ccco4)cc23)nc2ccccc21.[Ir]. The Morgan fingerprint density at radius 2 is 1.42 bits per heavy atom. The Bertz CT molecular complexity index is 2870. The number of imidazole rings is 1. The minimum atomic E-state index is -1.34. The number of rotatable bonds is 10. The maximum Gasteiger partial charge on any atom is 0.133 e. The Morgan fingerprint density at radius 3 is 2.06 bits per heavy atom. The van der Waals surface area contributed by atoms with Crippen molar-refractivity contribution in [3.63, 3.8) is 0 Å². The molecule has 0 N–H and O–H groups in total. The first-order chi connectivity index (χ1) is 29.4. The van der Waals surface area contributed by atoms with Crippen LogP contribution in [0.2, 0.25) is 19.6 Å². The van der Waals surface area contributed by atoms with Gasteiger partial charge in [-0.25, -0.2) is 0 Å². The van der Waals surface area contributed by atoms with Crippen LogP contribution in [0.5, 0.6) is 0 Å². The van der Waals surface area contributed by atoms with Crippen molar-refractivity contribution in [2.45, 2.75) is 79.4 Å². The van der Waals surface area contributed by atoms with Crippen LogP contribution in [0.25, 0.3) is 72.8 Å². The van der Waals surface area contributed by atoms with Crippen molar-refractivity contribution >= 4 is 35.3 Å². The zero-order chi connectivity index (χ0) is 42.8. The van der Waals surface area contributed by atoms with Crippen LogP contribution >= 0.6 is 0 Å². The normalized spacial score (nSPS) is 11.7. The minimum absolute atomic E-state index is 0. The summed E-state index contributed by atoms with van der Waals surface area (Å²) in [6, 6.07) is 47.3. The molecule has 1 radical (unpaired) electrons. The predicted molar refractivity (Wildman–Crippen MR) is 256 cm³/mol. The van der Waals surface area contributed by atoms with E-state index in [1.807, 2.05) is 48.5 Å². The Kier molecular flexibility index (Phi) is 13.5. The van der Waals surface area contributed by atoms with Gasteiger partial charge in [0, 0.05) is 49.4 Å². The van der Waals surface area contributed by atoms with Gasteiger partial charge in [-0.3, -0.25) is 4.98 Å². The van der Waals surface area contributed by atoms with E-state index in [-0.39, 0.29) is 31.9 Å². The van der Waals surface area contributed by atoms with E-state index in [0.29, 0.717) is 5.92 Å². The van der Waals surface area contributed by atoms with Gasteiger partial charge in [-0.05, 0) is 93.7 Å². The van der Waals surface area contributed by atoms with Crippen LogP contribution < -0.4 is 5.19 Å². The summed E-state index contributed by atoms with van der Waals surface area (Å²) in [5.41, 5.74) is 14.4. The zero-order valence-electron chi connectivity index (χ0n) is 37.2. The van der Waals surface area contributed by atoms with Gasteiger partial charge in [0.2, 0.25) is 0 Å². The third kappa shape index (κ3) is 9.27. The van der Waals surface area contributed by atoms with Gasteiger partial charge in [-0.15, -0.1) is 35.9 Å². The molecule has 0 fully saturated rings. The average Bonchev–Trinajstić information content (AvgIpc) is 4.03. The van der Waals surface area contributed by atoms with E-state index < -0.39 is 8.07 Å². The molecule has 0 saturated heterocycles. The molecule has 0 bridgehead atoms. The van der Waals surface area contributed by atoms with Crippen LogP contribution in [0.1, 0.15) is 70.1 Å². The number of fused-ring (bicyclic) bond motifs is 2. The van der Waals surface area contributed by atoms with E-state index in [0.717, 1.165) is 62.4 Å². The number of nitrogens with zero attached hydrogens (tertiary/aromatic N) is 3. The Balaban J connectivity index is 0.000000233. The molecule has 9 rings (SSSR count). The standard InChI is InChI=1S/C37H31N2O2.C18H24NSi.Ir/c1-23(2)28-20-27(25-11-6-5-7-12-25)21-29(24(3)4)36(28)39-33-14-9-8-13-32(33)38-37(39)31-22-41-35-17-16-26(19-30(31)35)34-15-10-18-40-34;1-14(2)11-16-12-17(15-9-7-6-8-10-15)19-13-18(16)20(3,4)5;/h5-21,23-24H,1-4H3;6-9,12-14H,11H2,1-5H3;/q2*-1;. The number of furan rings is 2. The maximum atomic E-state index is 5.99. The molecule has 317 valence electrons. The Morgan fingerprint density at radius 1 is 0.710 bits per heavy atom. The van der Waals surface area contributed by atoms with Gasteiger partial charge in [-0.1, -0.05) is 144 Å². The minimum Gasteiger partial charge on any atom is -0.557 e. The molecule has 9 aromatic rings. The van der Waals surface area contributed by atoms with E-state index >= 15 is 0 Å². The van der Waals surface area contributed by atoms with Crippen LogP contribution in [-0.4, -0.2) is 22.6 Å².